The molecule has 3 nitrogen and oxygen atoms in total. The number of hydrogen-bond acceptors (Lipinski definition) is 2. The fraction of sp³-hybridized carbons (Fsp3) is 0.238. The summed E-state index contributed by atoms with van der Waals surface area (Å²) in [6.07, 6.45) is 3.73. The second-order valence-corrected chi connectivity index (χ2v) is 6.83. The Hall–Kier alpha value is -2.39. The molecule has 1 amide bonds. The number of nitrogens with zero attached hydrogens (tertiary/aromatic N) is 1. The Morgan fingerprint density at radius 2 is 2.04 bits per heavy atom. The van der Waals surface area contributed by atoms with Crippen LogP contribution in [0.25, 0.3) is 10.9 Å². The zero-order chi connectivity index (χ0) is 17.4. The van der Waals surface area contributed by atoms with E-state index in [-0.39, 0.29) is 5.91 Å². The maximum Gasteiger partial charge on any atom is 0.256 e. The molecule has 4 rings (SSSR count). The van der Waals surface area contributed by atoms with Crippen molar-refractivity contribution in [1.29, 1.82) is 0 Å². The van der Waals surface area contributed by atoms with E-state index in [0.717, 1.165) is 64.7 Å². The minimum atomic E-state index is -0.0753. The van der Waals surface area contributed by atoms with Crippen molar-refractivity contribution in [3.63, 3.8) is 0 Å². The molecule has 0 bridgehead atoms. The molecule has 25 heavy (non-hydrogen) atoms. The molecule has 1 heterocycles. The number of nitrogens with one attached hydrogen (secondary N) is 1. The maximum atomic E-state index is 13.2. The van der Waals surface area contributed by atoms with Crippen LogP contribution < -0.4 is 5.32 Å². The van der Waals surface area contributed by atoms with Gasteiger partial charge in [-0.1, -0.05) is 36.7 Å². The topological polar surface area (TPSA) is 42.0 Å². The molecule has 0 unspecified atom stereocenters. The number of hydrogen-bond donors (Lipinski definition) is 1. The Morgan fingerprint density at radius 3 is 2.88 bits per heavy atom. The summed E-state index contributed by atoms with van der Waals surface area (Å²) >= 11 is 6.19. The van der Waals surface area contributed by atoms with Crippen LogP contribution in [-0.4, -0.2) is 10.9 Å². The summed E-state index contributed by atoms with van der Waals surface area (Å²) in [5.41, 5.74) is 5.67. The highest BCUT2D eigenvalue weighted by molar-refractivity contribution is 6.31. The zero-order valence-corrected chi connectivity index (χ0v) is 14.9. The van der Waals surface area contributed by atoms with Crippen LogP contribution in [0.1, 0.15) is 40.5 Å². The summed E-state index contributed by atoms with van der Waals surface area (Å²) in [6, 6.07) is 13.5. The van der Waals surface area contributed by atoms with Crippen molar-refractivity contribution in [2.45, 2.75) is 32.6 Å². The van der Waals surface area contributed by atoms with Gasteiger partial charge in [-0.3, -0.25) is 9.78 Å². The van der Waals surface area contributed by atoms with Gasteiger partial charge in [-0.05, 0) is 61.1 Å². The lowest BCUT2D eigenvalue weighted by molar-refractivity contribution is 0.102. The molecule has 1 aliphatic carbocycles. The first-order chi connectivity index (χ1) is 12.2. The molecule has 126 valence electrons. The first-order valence-electron chi connectivity index (χ1n) is 8.67. The van der Waals surface area contributed by atoms with E-state index in [1.54, 1.807) is 0 Å². The summed E-state index contributed by atoms with van der Waals surface area (Å²) in [7, 11) is 0. The number of carbonyl (C=O) groups is 1. The molecule has 0 radical (unpaired) electrons. The monoisotopic (exact) mass is 350 g/mol. The maximum absolute atomic E-state index is 13.2. The quantitative estimate of drug-likeness (QED) is 0.706. The highest BCUT2D eigenvalue weighted by atomic mass is 35.5. The summed E-state index contributed by atoms with van der Waals surface area (Å²) < 4.78 is 0. The number of aryl methyl sites for hydroxylation is 2. The smallest absolute Gasteiger partial charge is 0.256 e. The lowest BCUT2D eigenvalue weighted by atomic mass is 10.00. The summed E-state index contributed by atoms with van der Waals surface area (Å²) in [6.45, 7) is 2.09. The van der Waals surface area contributed by atoms with Gasteiger partial charge in [0.15, 0.2) is 0 Å². The van der Waals surface area contributed by atoms with E-state index in [2.05, 4.69) is 12.2 Å². The molecule has 1 aliphatic rings. The van der Waals surface area contributed by atoms with Gasteiger partial charge in [0.05, 0.1) is 11.1 Å². The molecule has 1 aromatic heterocycles. The molecule has 0 saturated carbocycles. The summed E-state index contributed by atoms with van der Waals surface area (Å²) in [5, 5.41) is 4.56. The molecular formula is C21H19ClN2O. The van der Waals surface area contributed by atoms with Crippen molar-refractivity contribution in [2.75, 3.05) is 5.32 Å². The van der Waals surface area contributed by atoms with Crippen molar-refractivity contribution in [2.24, 2.45) is 0 Å². The first kappa shape index (κ1) is 16.1. The molecule has 4 heteroatoms. The molecule has 2 aromatic carbocycles. The number of anilines is 1. The highest BCUT2D eigenvalue weighted by Gasteiger charge is 2.24. The van der Waals surface area contributed by atoms with Crippen LogP contribution in [0.3, 0.4) is 0 Å². The molecule has 0 fully saturated rings. The normalized spacial score (nSPS) is 13.0. The highest BCUT2D eigenvalue weighted by Crippen LogP contribution is 2.32. The Balaban J connectivity index is 1.85. The average Bonchev–Trinajstić information content (AvgIpc) is 3.08. The van der Waals surface area contributed by atoms with Gasteiger partial charge >= 0.3 is 0 Å². The zero-order valence-electron chi connectivity index (χ0n) is 14.1. The van der Waals surface area contributed by atoms with Gasteiger partial charge in [0.1, 0.15) is 0 Å². The standard InChI is InChI=1S/C21H19ClN2O/c1-2-13-6-3-4-8-17(13)24-21(25)20-15-7-5-9-18(15)23-19-11-10-14(22)12-16(19)20/h3-4,6,8,10-12H,2,5,7,9H2,1H3,(H,24,25). The average molecular weight is 351 g/mol. The number of pyridine rings is 1. The van der Waals surface area contributed by atoms with Crippen molar-refractivity contribution in [1.82, 2.24) is 4.98 Å². The molecule has 1 N–H and O–H groups in total. The Morgan fingerprint density at radius 1 is 1.20 bits per heavy atom. The summed E-state index contributed by atoms with van der Waals surface area (Å²) in [4.78, 5) is 17.9. The van der Waals surface area contributed by atoms with E-state index in [4.69, 9.17) is 16.6 Å². The Bertz CT molecular complexity index is 981. The van der Waals surface area contributed by atoms with E-state index >= 15 is 0 Å². The molecular weight excluding hydrogens is 332 g/mol. The van der Waals surface area contributed by atoms with Crippen LogP contribution >= 0.6 is 11.6 Å². The molecule has 3 aromatic rings. The third-order valence-electron chi connectivity index (χ3n) is 4.85. The van der Waals surface area contributed by atoms with Gasteiger partial charge in [-0.15, -0.1) is 0 Å². The van der Waals surface area contributed by atoms with Crippen molar-refractivity contribution in [3.8, 4) is 0 Å². The minimum absolute atomic E-state index is 0.0753. The fourth-order valence-electron chi connectivity index (χ4n) is 3.63. The second-order valence-electron chi connectivity index (χ2n) is 6.39. The first-order valence-corrected chi connectivity index (χ1v) is 9.05. The Labute approximate surface area is 152 Å². The van der Waals surface area contributed by atoms with Gasteiger partial charge in [0.2, 0.25) is 0 Å². The van der Waals surface area contributed by atoms with Crippen LogP contribution in [-0.2, 0) is 19.3 Å². The predicted molar refractivity (Wildman–Crippen MR) is 103 cm³/mol. The molecule has 0 atom stereocenters. The largest absolute Gasteiger partial charge is 0.322 e. The molecule has 0 saturated heterocycles. The van der Waals surface area contributed by atoms with E-state index in [0.29, 0.717) is 5.02 Å². The van der Waals surface area contributed by atoms with Gasteiger partial charge in [0, 0.05) is 21.8 Å². The number of para-hydroxylation sites is 1. The summed E-state index contributed by atoms with van der Waals surface area (Å²) in [5.74, 6) is -0.0753. The van der Waals surface area contributed by atoms with Crippen LogP contribution in [0, 0.1) is 0 Å². The predicted octanol–water partition coefficient (Wildman–Crippen LogP) is 5.19. The number of amides is 1. The van der Waals surface area contributed by atoms with Gasteiger partial charge in [-0.25, -0.2) is 0 Å². The minimum Gasteiger partial charge on any atom is -0.322 e. The third kappa shape index (κ3) is 2.89. The number of benzene rings is 2. The van der Waals surface area contributed by atoms with Crippen molar-refractivity contribution < 1.29 is 4.79 Å². The van der Waals surface area contributed by atoms with E-state index in [9.17, 15) is 4.79 Å². The van der Waals surface area contributed by atoms with E-state index < -0.39 is 0 Å². The fourth-order valence-corrected chi connectivity index (χ4v) is 3.80. The van der Waals surface area contributed by atoms with Gasteiger partial charge < -0.3 is 5.32 Å². The van der Waals surface area contributed by atoms with Crippen LogP contribution in [0.5, 0.6) is 0 Å². The third-order valence-corrected chi connectivity index (χ3v) is 5.08. The number of carbonyl (C=O) groups excluding carboxylic acids is 1. The number of aromatic nitrogens is 1. The van der Waals surface area contributed by atoms with Crippen LogP contribution in [0.15, 0.2) is 42.5 Å². The van der Waals surface area contributed by atoms with Crippen molar-refractivity contribution >= 4 is 34.1 Å². The number of halogens is 1. The number of fused-ring (bicyclic) bond motifs is 2. The van der Waals surface area contributed by atoms with Gasteiger partial charge in [-0.2, -0.15) is 0 Å². The number of rotatable bonds is 3. The van der Waals surface area contributed by atoms with E-state index in [1.807, 2.05) is 42.5 Å². The van der Waals surface area contributed by atoms with Crippen LogP contribution in [0.4, 0.5) is 5.69 Å². The second kappa shape index (κ2) is 6.49. The molecule has 0 aliphatic heterocycles. The van der Waals surface area contributed by atoms with Gasteiger partial charge in [0.25, 0.3) is 5.91 Å². The SMILES string of the molecule is CCc1ccccc1NC(=O)c1c2c(nc3ccc(Cl)cc13)CCC2. The Kier molecular flexibility index (Phi) is 4.18. The van der Waals surface area contributed by atoms with Crippen LogP contribution in [0.2, 0.25) is 5.02 Å². The molecule has 0 spiro atoms. The van der Waals surface area contributed by atoms with E-state index in [1.165, 1.54) is 0 Å². The van der Waals surface area contributed by atoms with Crippen molar-refractivity contribution in [3.05, 3.63) is 69.9 Å². The lowest BCUT2D eigenvalue weighted by Gasteiger charge is -2.14. The lowest BCUT2D eigenvalue weighted by Crippen LogP contribution is -2.16.